The van der Waals surface area contributed by atoms with Gasteiger partial charge in [-0.15, -0.1) is 11.8 Å². The zero-order valence-corrected chi connectivity index (χ0v) is 14.2. The molecule has 122 valence electrons. The van der Waals surface area contributed by atoms with E-state index in [2.05, 4.69) is 5.32 Å². The van der Waals surface area contributed by atoms with Gasteiger partial charge in [-0.1, -0.05) is 0 Å². The highest BCUT2D eigenvalue weighted by atomic mass is 32.2. The Bertz CT molecular complexity index is 651. The predicted octanol–water partition coefficient (Wildman–Crippen LogP) is 2.38. The first-order chi connectivity index (χ1) is 10.4. The fraction of sp³-hybridized carbons (Fsp3) is 0.600. The van der Waals surface area contributed by atoms with Crippen LogP contribution in [0.25, 0.3) is 0 Å². The van der Waals surface area contributed by atoms with Gasteiger partial charge in [-0.2, -0.15) is 4.31 Å². The standard InChI is InChI=1S/C15H21FN2O2S2/c1-22(19,20)18-7-2-3-12(18)10-17-14-6-8-21-15-5-4-11(16)9-13(14)15/h4-5,9,12,14,17H,2-3,6-8,10H2,1H3/t12-,14-/m1/s1. The second-order valence-corrected chi connectivity index (χ2v) is 9.02. The molecule has 0 aromatic heterocycles. The monoisotopic (exact) mass is 344 g/mol. The molecule has 1 aromatic rings. The van der Waals surface area contributed by atoms with Crippen LogP contribution in [0.2, 0.25) is 0 Å². The van der Waals surface area contributed by atoms with Crippen molar-refractivity contribution in [3.05, 3.63) is 29.6 Å². The maximum Gasteiger partial charge on any atom is 0.211 e. The summed E-state index contributed by atoms with van der Waals surface area (Å²) in [6.45, 7) is 1.23. The van der Waals surface area contributed by atoms with Crippen molar-refractivity contribution in [2.75, 3.05) is 25.1 Å². The summed E-state index contributed by atoms with van der Waals surface area (Å²) in [5.41, 5.74) is 1.00. The van der Waals surface area contributed by atoms with Crippen LogP contribution in [-0.2, 0) is 10.0 Å². The summed E-state index contributed by atoms with van der Waals surface area (Å²) in [4.78, 5) is 1.12. The van der Waals surface area contributed by atoms with Gasteiger partial charge in [-0.25, -0.2) is 12.8 Å². The first kappa shape index (κ1) is 16.2. The zero-order chi connectivity index (χ0) is 15.7. The SMILES string of the molecule is CS(=O)(=O)N1CCC[C@@H]1CN[C@@H]1CCSc2ccc(F)cc21. The number of benzene rings is 1. The number of hydrogen-bond donors (Lipinski definition) is 1. The van der Waals surface area contributed by atoms with Crippen LogP contribution in [0.3, 0.4) is 0 Å². The average molecular weight is 344 g/mol. The van der Waals surface area contributed by atoms with Gasteiger partial charge in [-0.3, -0.25) is 0 Å². The summed E-state index contributed by atoms with van der Waals surface area (Å²) < 4.78 is 38.7. The molecular formula is C15H21FN2O2S2. The van der Waals surface area contributed by atoms with Gasteiger partial charge in [0.2, 0.25) is 10.0 Å². The van der Waals surface area contributed by atoms with E-state index in [1.165, 1.54) is 12.3 Å². The van der Waals surface area contributed by atoms with E-state index in [1.54, 1.807) is 22.1 Å². The lowest BCUT2D eigenvalue weighted by atomic mass is 10.0. The Morgan fingerprint density at radius 3 is 3.00 bits per heavy atom. The van der Waals surface area contributed by atoms with Crippen molar-refractivity contribution < 1.29 is 12.8 Å². The topological polar surface area (TPSA) is 49.4 Å². The van der Waals surface area contributed by atoms with Crippen LogP contribution in [0.15, 0.2) is 23.1 Å². The lowest BCUT2D eigenvalue weighted by molar-refractivity contribution is 0.355. The third-order valence-electron chi connectivity index (χ3n) is 4.36. The Hall–Kier alpha value is -0.630. The van der Waals surface area contributed by atoms with Crippen LogP contribution in [-0.4, -0.2) is 43.9 Å². The summed E-state index contributed by atoms with van der Waals surface area (Å²) in [5, 5.41) is 3.46. The van der Waals surface area contributed by atoms with Crippen molar-refractivity contribution in [2.24, 2.45) is 0 Å². The number of thioether (sulfide) groups is 1. The van der Waals surface area contributed by atoms with Crippen molar-refractivity contribution in [3.63, 3.8) is 0 Å². The zero-order valence-electron chi connectivity index (χ0n) is 12.6. The number of sulfonamides is 1. The third kappa shape index (κ3) is 3.48. The van der Waals surface area contributed by atoms with Crippen LogP contribution < -0.4 is 5.32 Å². The molecule has 1 aromatic carbocycles. The number of nitrogens with zero attached hydrogens (tertiary/aromatic N) is 1. The first-order valence-corrected chi connectivity index (χ1v) is 10.4. The Balaban J connectivity index is 1.69. The Morgan fingerprint density at radius 2 is 2.23 bits per heavy atom. The van der Waals surface area contributed by atoms with Crippen molar-refractivity contribution in [1.29, 1.82) is 0 Å². The molecule has 0 unspecified atom stereocenters. The van der Waals surface area contributed by atoms with E-state index in [4.69, 9.17) is 0 Å². The highest BCUT2D eigenvalue weighted by molar-refractivity contribution is 7.99. The van der Waals surface area contributed by atoms with E-state index < -0.39 is 10.0 Å². The van der Waals surface area contributed by atoms with Gasteiger partial charge in [0.1, 0.15) is 5.82 Å². The minimum absolute atomic E-state index is 0.0154. The molecule has 0 aliphatic carbocycles. The van der Waals surface area contributed by atoms with E-state index in [9.17, 15) is 12.8 Å². The molecule has 7 heteroatoms. The third-order valence-corrected chi connectivity index (χ3v) is 6.82. The maximum absolute atomic E-state index is 13.5. The van der Waals surface area contributed by atoms with Gasteiger partial charge in [0, 0.05) is 30.1 Å². The van der Waals surface area contributed by atoms with E-state index in [-0.39, 0.29) is 17.9 Å². The molecule has 2 atom stereocenters. The van der Waals surface area contributed by atoms with Gasteiger partial charge in [-0.05, 0) is 48.8 Å². The predicted molar refractivity (Wildman–Crippen MR) is 87.1 cm³/mol. The summed E-state index contributed by atoms with van der Waals surface area (Å²) in [5.74, 6) is 0.781. The number of rotatable bonds is 4. The number of fused-ring (bicyclic) bond motifs is 1. The smallest absolute Gasteiger partial charge is 0.211 e. The highest BCUT2D eigenvalue weighted by Crippen LogP contribution is 2.36. The van der Waals surface area contributed by atoms with Crippen molar-refractivity contribution >= 4 is 21.8 Å². The molecule has 4 nitrogen and oxygen atoms in total. The van der Waals surface area contributed by atoms with Crippen LogP contribution in [0.5, 0.6) is 0 Å². The fourth-order valence-corrected chi connectivity index (χ4v) is 5.59. The maximum atomic E-state index is 13.5. The number of nitrogens with one attached hydrogen (secondary N) is 1. The largest absolute Gasteiger partial charge is 0.308 e. The van der Waals surface area contributed by atoms with E-state index in [0.29, 0.717) is 13.1 Å². The van der Waals surface area contributed by atoms with Crippen molar-refractivity contribution in [3.8, 4) is 0 Å². The molecular weight excluding hydrogens is 323 g/mol. The van der Waals surface area contributed by atoms with Crippen molar-refractivity contribution in [2.45, 2.75) is 36.2 Å². The Morgan fingerprint density at radius 1 is 1.41 bits per heavy atom. The molecule has 2 aliphatic heterocycles. The number of hydrogen-bond acceptors (Lipinski definition) is 4. The lowest BCUT2D eigenvalue weighted by Crippen LogP contribution is -2.42. The Labute approximate surface area is 135 Å². The molecule has 0 saturated carbocycles. The lowest BCUT2D eigenvalue weighted by Gasteiger charge is -2.29. The molecule has 1 saturated heterocycles. The molecule has 0 bridgehead atoms. The molecule has 2 aliphatic rings. The molecule has 1 fully saturated rings. The molecule has 22 heavy (non-hydrogen) atoms. The Kier molecular flexibility index (Phi) is 4.77. The molecule has 2 heterocycles. The molecule has 0 radical (unpaired) electrons. The minimum Gasteiger partial charge on any atom is -0.308 e. The van der Waals surface area contributed by atoms with Gasteiger partial charge < -0.3 is 5.32 Å². The second kappa shape index (κ2) is 6.47. The van der Waals surface area contributed by atoms with Crippen molar-refractivity contribution in [1.82, 2.24) is 9.62 Å². The van der Waals surface area contributed by atoms with Crippen LogP contribution in [0.4, 0.5) is 4.39 Å². The quantitative estimate of drug-likeness (QED) is 0.911. The molecule has 1 N–H and O–H groups in total. The minimum atomic E-state index is -3.14. The summed E-state index contributed by atoms with van der Waals surface area (Å²) >= 11 is 1.75. The average Bonchev–Trinajstić information content (AvgIpc) is 2.93. The first-order valence-electron chi connectivity index (χ1n) is 7.57. The van der Waals surface area contributed by atoms with Gasteiger partial charge >= 0.3 is 0 Å². The molecule has 0 amide bonds. The summed E-state index contributed by atoms with van der Waals surface area (Å²) in [6.07, 6.45) is 4.00. The van der Waals surface area contributed by atoms with E-state index >= 15 is 0 Å². The fourth-order valence-electron chi connectivity index (χ4n) is 3.31. The van der Waals surface area contributed by atoms with Crippen LogP contribution in [0, 0.1) is 5.82 Å². The van der Waals surface area contributed by atoms with Gasteiger partial charge in [0.05, 0.1) is 6.26 Å². The highest BCUT2D eigenvalue weighted by Gasteiger charge is 2.32. The molecule has 3 rings (SSSR count). The van der Waals surface area contributed by atoms with E-state index in [1.807, 2.05) is 6.07 Å². The van der Waals surface area contributed by atoms with Crippen LogP contribution >= 0.6 is 11.8 Å². The summed E-state index contributed by atoms with van der Waals surface area (Å²) in [6, 6.07) is 5.05. The van der Waals surface area contributed by atoms with Gasteiger partial charge in [0.25, 0.3) is 0 Å². The number of halogens is 1. The molecule has 0 spiro atoms. The second-order valence-electron chi connectivity index (χ2n) is 5.95. The normalized spacial score (nSPS) is 26.1. The van der Waals surface area contributed by atoms with Gasteiger partial charge in [0.15, 0.2) is 0 Å². The van der Waals surface area contributed by atoms with E-state index in [0.717, 1.165) is 35.5 Å². The van der Waals surface area contributed by atoms with Crippen LogP contribution in [0.1, 0.15) is 30.9 Å². The summed E-state index contributed by atoms with van der Waals surface area (Å²) in [7, 11) is -3.14.